The van der Waals surface area contributed by atoms with Gasteiger partial charge >= 0.3 is 0 Å². The third-order valence-electron chi connectivity index (χ3n) is 4.86. The summed E-state index contributed by atoms with van der Waals surface area (Å²) in [6.07, 6.45) is 7.34. The van der Waals surface area contributed by atoms with Crippen LogP contribution >= 0.6 is 0 Å². The van der Waals surface area contributed by atoms with Crippen LogP contribution in [0.25, 0.3) is 0 Å². The molecular weight excluding hydrogens is 358 g/mol. The Morgan fingerprint density at radius 2 is 2.18 bits per heavy atom. The minimum atomic E-state index is -0.551. The van der Waals surface area contributed by atoms with Crippen LogP contribution < -0.4 is 10.1 Å². The lowest BCUT2D eigenvalue weighted by molar-refractivity contribution is -0.384. The lowest BCUT2D eigenvalue weighted by Gasteiger charge is -2.27. The van der Waals surface area contributed by atoms with Crippen molar-refractivity contribution in [1.29, 1.82) is 0 Å². The fourth-order valence-electron chi connectivity index (χ4n) is 3.58. The molecule has 0 heterocycles. The first-order chi connectivity index (χ1) is 13.5. The number of hydrogen-bond acceptors (Lipinski definition) is 5. The Kier molecular flexibility index (Phi) is 5.92. The van der Waals surface area contributed by atoms with Crippen LogP contribution in [0.4, 0.5) is 11.4 Å². The Hall–Kier alpha value is -3.37. The molecule has 0 bridgehead atoms. The third kappa shape index (κ3) is 4.13. The average Bonchev–Trinajstić information content (AvgIpc) is 3.12. The molecule has 0 radical (unpaired) electrons. The summed E-state index contributed by atoms with van der Waals surface area (Å²) in [6, 6.07) is 12.5. The Morgan fingerprint density at radius 1 is 1.39 bits per heavy atom. The highest BCUT2D eigenvalue weighted by Gasteiger charge is 2.29. The molecule has 7 heteroatoms. The highest BCUT2D eigenvalue weighted by atomic mass is 16.6. The molecule has 0 saturated carbocycles. The van der Waals surface area contributed by atoms with Gasteiger partial charge in [-0.3, -0.25) is 19.8 Å². The van der Waals surface area contributed by atoms with Gasteiger partial charge < -0.3 is 10.1 Å². The molecule has 0 unspecified atom stereocenters. The van der Waals surface area contributed by atoms with E-state index in [0.29, 0.717) is 12.3 Å². The Morgan fingerprint density at radius 3 is 2.89 bits per heavy atom. The van der Waals surface area contributed by atoms with Crippen molar-refractivity contribution in [3.05, 3.63) is 63.7 Å². The quantitative estimate of drug-likeness (QED) is 0.454. The van der Waals surface area contributed by atoms with E-state index in [1.165, 1.54) is 30.4 Å². The van der Waals surface area contributed by atoms with E-state index in [1.807, 2.05) is 17.0 Å². The molecule has 1 aliphatic rings. The minimum absolute atomic E-state index is 0.0480. The molecule has 0 spiro atoms. The van der Waals surface area contributed by atoms with Gasteiger partial charge in [-0.2, -0.15) is 0 Å². The molecule has 1 amide bonds. The van der Waals surface area contributed by atoms with Crippen molar-refractivity contribution < 1.29 is 14.5 Å². The van der Waals surface area contributed by atoms with Crippen molar-refractivity contribution >= 4 is 17.3 Å². The van der Waals surface area contributed by atoms with Gasteiger partial charge in [0.05, 0.1) is 31.2 Å². The number of anilines is 1. The molecule has 1 aliphatic carbocycles. The van der Waals surface area contributed by atoms with Crippen LogP contribution in [0.15, 0.2) is 42.5 Å². The normalized spacial score (nSPS) is 15.0. The fraction of sp³-hybridized carbons (Fsp3) is 0.286. The Labute approximate surface area is 163 Å². The van der Waals surface area contributed by atoms with Gasteiger partial charge in [-0.25, -0.2) is 0 Å². The van der Waals surface area contributed by atoms with Crippen molar-refractivity contribution in [3.8, 4) is 18.1 Å². The van der Waals surface area contributed by atoms with Crippen molar-refractivity contribution in [1.82, 2.24) is 4.90 Å². The summed E-state index contributed by atoms with van der Waals surface area (Å²) < 4.78 is 5.01. The van der Waals surface area contributed by atoms with E-state index in [1.54, 1.807) is 6.07 Å². The first kappa shape index (κ1) is 19.4. The number of carbonyl (C=O) groups is 1. The van der Waals surface area contributed by atoms with Crippen LogP contribution in [0.3, 0.4) is 0 Å². The molecule has 3 rings (SSSR count). The lowest BCUT2D eigenvalue weighted by atomic mass is 10.1. The van der Waals surface area contributed by atoms with E-state index in [9.17, 15) is 14.9 Å². The van der Waals surface area contributed by atoms with E-state index >= 15 is 0 Å². The minimum Gasteiger partial charge on any atom is -0.496 e. The summed E-state index contributed by atoms with van der Waals surface area (Å²) in [6.45, 7) is 0.365. The van der Waals surface area contributed by atoms with Crippen LogP contribution in [-0.2, 0) is 11.2 Å². The first-order valence-electron chi connectivity index (χ1n) is 8.91. The fourth-order valence-corrected chi connectivity index (χ4v) is 3.58. The number of ether oxygens (including phenoxy) is 1. The van der Waals surface area contributed by atoms with Crippen LogP contribution in [0.2, 0.25) is 0 Å². The number of aryl methyl sites for hydroxylation is 1. The summed E-state index contributed by atoms with van der Waals surface area (Å²) in [7, 11) is 1.43. The highest BCUT2D eigenvalue weighted by molar-refractivity contribution is 5.94. The summed E-state index contributed by atoms with van der Waals surface area (Å²) in [5.41, 5.74) is 2.35. The smallest absolute Gasteiger partial charge is 0.296 e. The maximum absolute atomic E-state index is 12.6. The van der Waals surface area contributed by atoms with Crippen LogP contribution in [0.5, 0.6) is 5.75 Å². The van der Waals surface area contributed by atoms with Crippen LogP contribution in [0.1, 0.15) is 23.6 Å². The van der Waals surface area contributed by atoms with Crippen LogP contribution in [0, 0.1) is 22.5 Å². The molecule has 28 heavy (non-hydrogen) atoms. The van der Waals surface area contributed by atoms with Gasteiger partial charge in [0.1, 0.15) is 11.4 Å². The average molecular weight is 379 g/mol. The maximum Gasteiger partial charge on any atom is 0.296 e. The number of benzene rings is 2. The molecule has 1 atom stereocenters. The molecule has 144 valence electrons. The molecule has 1 N–H and O–H groups in total. The van der Waals surface area contributed by atoms with E-state index in [0.717, 1.165) is 12.8 Å². The third-order valence-corrected chi connectivity index (χ3v) is 4.86. The Bertz CT molecular complexity index is 935. The number of nitrogens with zero attached hydrogens (tertiary/aromatic N) is 2. The first-order valence-corrected chi connectivity index (χ1v) is 8.91. The van der Waals surface area contributed by atoms with E-state index < -0.39 is 4.92 Å². The molecule has 2 aromatic carbocycles. The number of carbonyl (C=O) groups excluding carboxylic acids is 1. The SMILES string of the molecule is C#CCN(CC(=O)Nc1ccc(OC)cc1[N+](=O)[O-])[C@@H]1CCc2ccccc21. The predicted molar refractivity (Wildman–Crippen MR) is 106 cm³/mol. The molecule has 0 saturated heterocycles. The molecule has 0 aliphatic heterocycles. The zero-order valence-corrected chi connectivity index (χ0v) is 15.6. The molecular formula is C21H21N3O4. The highest BCUT2D eigenvalue weighted by Crippen LogP contribution is 2.35. The number of nitro groups is 1. The number of amides is 1. The standard InChI is InChI=1S/C21H21N3O4/c1-3-12-23(19-11-8-15-6-4-5-7-17(15)19)14-21(25)22-18-10-9-16(28-2)13-20(18)24(26)27/h1,4-7,9-10,13,19H,8,11-12,14H2,2H3,(H,22,25)/t19-/m1/s1. The Balaban J connectivity index is 1.76. The molecule has 2 aromatic rings. The number of hydrogen-bond donors (Lipinski definition) is 1. The number of nitro benzene ring substituents is 1. The summed E-state index contributed by atoms with van der Waals surface area (Å²) >= 11 is 0. The predicted octanol–water partition coefficient (Wildman–Crippen LogP) is 3.16. The zero-order chi connectivity index (χ0) is 20.1. The van der Waals surface area contributed by atoms with Gasteiger partial charge in [-0.1, -0.05) is 30.2 Å². The van der Waals surface area contributed by atoms with Crippen molar-refractivity contribution in [2.24, 2.45) is 0 Å². The van der Waals surface area contributed by atoms with Gasteiger partial charge in [-0.05, 0) is 36.1 Å². The van der Waals surface area contributed by atoms with Gasteiger partial charge in [-0.15, -0.1) is 6.42 Å². The number of fused-ring (bicyclic) bond motifs is 1. The monoisotopic (exact) mass is 379 g/mol. The number of terminal acetylenes is 1. The van der Waals surface area contributed by atoms with E-state index in [-0.39, 0.29) is 29.9 Å². The zero-order valence-electron chi connectivity index (χ0n) is 15.6. The second-order valence-corrected chi connectivity index (χ2v) is 6.55. The summed E-state index contributed by atoms with van der Waals surface area (Å²) in [4.78, 5) is 25.3. The van der Waals surface area contributed by atoms with Crippen molar-refractivity contribution in [2.45, 2.75) is 18.9 Å². The van der Waals surface area contributed by atoms with Gasteiger partial charge in [0, 0.05) is 6.04 Å². The van der Waals surface area contributed by atoms with Gasteiger partial charge in [0.25, 0.3) is 5.69 Å². The summed E-state index contributed by atoms with van der Waals surface area (Å²) in [5.74, 6) is 2.61. The largest absolute Gasteiger partial charge is 0.496 e. The summed E-state index contributed by atoms with van der Waals surface area (Å²) in [5, 5.41) is 13.9. The van der Waals surface area contributed by atoms with Crippen molar-refractivity contribution in [2.75, 3.05) is 25.5 Å². The maximum atomic E-state index is 12.6. The lowest BCUT2D eigenvalue weighted by Crippen LogP contribution is -2.36. The van der Waals surface area contributed by atoms with E-state index in [2.05, 4.69) is 23.4 Å². The molecule has 0 aromatic heterocycles. The second-order valence-electron chi connectivity index (χ2n) is 6.55. The molecule has 7 nitrogen and oxygen atoms in total. The van der Waals surface area contributed by atoms with Crippen molar-refractivity contribution in [3.63, 3.8) is 0 Å². The number of rotatable bonds is 7. The number of methoxy groups -OCH3 is 1. The van der Waals surface area contributed by atoms with E-state index in [4.69, 9.17) is 11.2 Å². The van der Waals surface area contributed by atoms with Gasteiger partial charge in [0.15, 0.2) is 0 Å². The topological polar surface area (TPSA) is 84.7 Å². The van der Waals surface area contributed by atoms with Gasteiger partial charge in [0.2, 0.25) is 5.91 Å². The second kappa shape index (κ2) is 8.55. The number of nitrogens with one attached hydrogen (secondary N) is 1. The van der Waals surface area contributed by atoms with Crippen LogP contribution in [-0.4, -0.2) is 35.9 Å². The molecule has 0 fully saturated rings.